The molecule has 5 heteroatoms. The van der Waals surface area contributed by atoms with Crippen LogP contribution in [0.3, 0.4) is 0 Å². The van der Waals surface area contributed by atoms with Crippen LogP contribution >= 0.6 is 0 Å². The van der Waals surface area contributed by atoms with Crippen LogP contribution in [0.2, 0.25) is 0 Å². The summed E-state index contributed by atoms with van der Waals surface area (Å²) >= 11 is 0. The fraction of sp³-hybridized carbons (Fsp3) is 0.444. The lowest BCUT2D eigenvalue weighted by molar-refractivity contribution is 0.0929. The molecule has 1 aliphatic rings. The zero-order chi connectivity index (χ0) is 16.3. The normalized spacial score (nSPS) is 20.2. The number of nitrogens with zero attached hydrogens (tertiary/aromatic N) is 2. The SMILES string of the molecule is CC1(C)CCCNC1CNC(=O)c1cnn(-c2ccccc2)c1. The number of benzene rings is 1. The monoisotopic (exact) mass is 312 g/mol. The molecule has 1 fully saturated rings. The smallest absolute Gasteiger partial charge is 0.254 e. The Hall–Kier alpha value is -2.14. The second-order valence-electron chi connectivity index (χ2n) is 6.82. The molecule has 2 aromatic rings. The first-order chi connectivity index (χ1) is 11.1. The fourth-order valence-electron chi connectivity index (χ4n) is 3.08. The topological polar surface area (TPSA) is 58.9 Å². The highest BCUT2D eigenvalue weighted by molar-refractivity contribution is 5.93. The minimum absolute atomic E-state index is 0.0737. The highest BCUT2D eigenvalue weighted by Gasteiger charge is 2.32. The molecule has 1 amide bonds. The number of hydrogen-bond acceptors (Lipinski definition) is 3. The quantitative estimate of drug-likeness (QED) is 0.911. The van der Waals surface area contributed by atoms with Crippen molar-refractivity contribution >= 4 is 5.91 Å². The molecule has 0 aliphatic carbocycles. The minimum Gasteiger partial charge on any atom is -0.350 e. The highest BCUT2D eigenvalue weighted by atomic mass is 16.1. The molecule has 0 spiro atoms. The maximum Gasteiger partial charge on any atom is 0.254 e. The third-order valence-corrected chi connectivity index (χ3v) is 4.66. The van der Waals surface area contributed by atoms with Crippen LogP contribution in [0.15, 0.2) is 42.7 Å². The van der Waals surface area contributed by atoms with E-state index in [0.29, 0.717) is 18.2 Å². The first-order valence-corrected chi connectivity index (χ1v) is 8.18. The standard InChI is InChI=1S/C18H24N4O/c1-18(2)9-6-10-19-16(18)12-20-17(23)14-11-21-22(13-14)15-7-4-3-5-8-15/h3-5,7-8,11,13,16,19H,6,9-10,12H2,1-2H3,(H,20,23). The van der Waals surface area contributed by atoms with Crippen LogP contribution in [0.1, 0.15) is 37.0 Å². The predicted molar refractivity (Wildman–Crippen MR) is 90.7 cm³/mol. The molecular weight excluding hydrogens is 288 g/mol. The van der Waals surface area contributed by atoms with Crippen LogP contribution in [-0.2, 0) is 0 Å². The number of para-hydroxylation sites is 1. The number of amides is 1. The molecule has 1 aliphatic heterocycles. The van der Waals surface area contributed by atoms with Gasteiger partial charge in [-0.1, -0.05) is 32.0 Å². The third-order valence-electron chi connectivity index (χ3n) is 4.66. The molecular formula is C18H24N4O. The molecule has 2 heterocycles. The minimum atomic E-state index is -0.0737. The largest absolute Gasteiger partial charge is 0.350 e. The summed E-state index contributed by atoms with van der Waals surface area (Å²) in [7, 11) is 0. The molecule has 1 aromatic carbocycles. The lowest BCUT2D eigenvalue weighted by Crippen LogP contribution is -2.52. The Labute approximate surface area is 137 Å². The number of nitrogens with one attached hydrogen (secondary N) is 2. The van der Waals surface area contributed by atoms with Gasteiger partial charge in [-0.05, 0) is 36.9 Å². The Morgan fingerprint density at radius 2 is 2.17 bits per heavy atom. The number of rotatable bonds is 4. The van der Waals surface area contributed by atoms with Gasteiger partial charge in [0, 0.05) is 18.8 Å². The molecule has 1 atom stereocenters. The average molecular weight is 312 g/mol. The van der Waals surface area contributed by atoms with Crippen molar-refractivity contribution in [3.05, 3.63) is 48.3 Å². The Morgan fingerprint density at radius 3 is 2.91 bits per heavy atom. The molecule has 122 valence electrons. The van der Waals surface area contributed by atoms with Crippen LogP contribution in [0.25, 0.3) is 5.69 Å². The first-order valence-electron chi connectivity index (χ1n) is 8.18. The van der Waals surface area contributed by atoms with Gasteiger partial charge >= 0.3 is 0 Å². The summed E-state index contributed by atoms with van der Waals surface area (Å²) in [6.45, 7) is 6.17. The summed E-state index contributed by atoms with van der Waals surface area (Å²) in [5.74, 6) is -0.0737. The van der Waals surface area contributed by atoms with E-state index in [1.54, 1.807) is 17.1 Å². The zero-order valence-corrected chi connectivity index (χ0v) is 13.7. The van der Waals surface area contributed by atoms with Gasteiger partial charge in [-0.15, -0.1) is 0 Å². The lowest BCUT2D eigenvalue weighted by Gasteiger charge is -2.39. The first kappa shape index (κ1) is 15.7. The van der Waals surface area contributed by atoms with E-state index < -0.39 is 0 Å². The van der Waals surface area contributed by atoms with E-state index in [2.05, 4.69) is 29.6 Å². The number of aromatic nitrogens is 2. The van der Waals surface area contributed by atoms with Crippen molar-refractivity contribution in [1.29, 1.82) is 0 Å². The summed E-state index contributed by atoms with van der Waals surface area (Å²) in [4.78, 5) is 12.4. The zero-order valence-electron chi connectivity index (χ0n) is 13.7. The Kier molecular flexibility index (Phi) is 4.48. The van der Waals surface area contributed by atoms with Crippen molar-refractivity contribution < 1.29 is 4.79 Å². The molecule has 0 saturated carbocycles. The fourth-order valence-corrected chi connectivity index (χ4v) is 3.08. The highest BCUT2D eigenvalue weighted by Crippen LogP contribution is 2.29. The summed E-state index contributed by atoms with van der Waals surface area (Å²) in [5, 5.41) is 10.8. The number of carbonyl (C=O) groups excluding carboxylic acids is 1. The molecule has 0 bridgehead atoms. The van der Waals surface area contributed by atoms with E-state index >= 15 is 0 Å². The van der Waals surface area contributed by atoms with Crippen LogP contribution in [0.4, 0.5) is 0 Å². The van der Waals surface area contributed by atoms with Gasteiger partial charge in [0.1, 0.15) is 0 Å². The van der Waals surface area contributed by atoms with Crippen molar-refractivity contribution in [2.75, 3.05) is 13.1 Å². The Morgan fingerprint density at radius 1 is 1.39 bits per heavy atom. The second-order valence-corrected chi connectivity index (χ2v) is 6.82. The van der Waals surface area contributed by atoms with E-state index in [-0.39, 0.29) is 11.3 Å². The molecule has 3 rings (SSSR count). The number of hydrogen-bond donors (Lipinski definition) is 2. The van der Waals surface area contributed by atoms with E-state index in [4.69, 9.17) is 0 Å². The van der Waals surface area contributed by atoms with E-state index in [0.717, 1.165) is 12.2 Å². The molecule has 23 heavy (non-hydrogen) atoms. The van der Waals surface area contributed by atoms with Crippen LogP contribution in [0.5, 0.6) is 0 Å². The molecule has 1 saturated heterocycles. The predicted octanol–water partition coefficient (Wildman–Crippen LogP) is 2.38. The number of piperidine rings is 1. The summed E-state index contributed by atoms with van der Waals surface area (Å²) in [5.41, 5.74) is 1.74. The van der Waals surface area contributed by atoms with E-state index in [1.165, 1.54) is 12.8 Å². The average Bonchev–Trinajstić information content (AvgIpc) is 3.04. The third kappa shape index (κ3) is 3.62. The van der Waals surface area contributed by atoms with Crippen LogP contribution in [0, 0.1) is 5.41 Å². The van der Waals surface area contributed by atoms with E-state index in [9.17, 15) is 4.79 Å². The van der Waals surface area contributed by atoms with Gasteiger partial charge in [0.2, 0.25) is 0 Å². The van der Waals surface area contributed by atoms with Crippen molar-refractivity contribution in [3.63, 3.8) is 0 Å². The van der Waals surface area contributed by atoms with Crippen LogP contribution < -0.4 is 10.6 Å². The van der Waals surface area contributed by atoms with Crippen molar-refractivity contribution in [2.24, 2.45) is 5.41 Å². The molecule has 2 N–H and O–H groups in total. The summed E-state index contributed by atoms with van der Waals surface area (Å²) < 4.78 is 1.72. The second kappa shape index (κ2) is 6.54. The van der Waals surface area contributed by atoms with Gasteiger partial charge in [0.05, 0.1) is 17.4 Å². The molecule has 1 aromatic heterocycles. The van der Waals surface area contributed by atoms with Gasteiger partial charge in [0.25, 0.3) is 5.91 Å². The van der Waals surface area contributed by atoms with Gasteiger partial charge < -0.3 is 10.6 Å². The summed E-state index contributed by atoms with van der Waals surface area (Å²) in [6, 6.07) is 10.1. The molecule has 0 radical (unpaired) electrons. The van der Waals surface area contributed by atoms with Crippen molar-refractivity contribution in [1.82, 2.24) is 20.4 Å². The maximum absolute atomic E-state index is 12.4. The van der Waals surface area contributed by atoms with Crippen molar-refractivity contribution in [3.8, 4) is 5.69 Å². The van der Waals surface area contributed by atoms with E-state index in [1.807, 2.05) is 30.3 Å². The number of carbonyl (C=O) groups is 1. The lowest BCUT2D eigenvalue weighted by atomic mass is 9.77. The van der Waals surface area contributed by atoms with Gasteiger partial charge in [-0.25, -0.2) is 4.68 Å². The van der Waals surface area contributed by atoms with Crippen molar-refractivity contribution in [2.45, 2.75) is 32.7 Å². The van der Waals surface area contributed by atoms with Gasteiger partial charge in [0.15, 0.2) is 0 Å². The van der Waals surface area contributed by atoms with Gasteiger partial charge in [-0.2, -0.15) is 5.10 Å². The Bertz CT molecular complexity index is 663. The maximum atomic E-state index is 12.4. The van der Waals surface area contributed by atoms with Gasteiger partial charge in [-0.3, -0.25) is 4.79 Å². The molecule has 1 unspecified atom stereocenters. The van der Waals surface area contributed by atoms with Crippen LogP contribution in [-0.4, -0.2) is 34.8 Å². The molecule has 5 nitrogen and oxygen atoms in total. The Balaban J connectivity index is 1.62. The summed E-state index contributed by atoms with van der Waals surface area (Å²) in [6.07, 6.45) is 5.76.